The molecule has 2 bridgehead atoms. The minimum absolute atomic E-state index is 0.0800. The Morgan fingerprint density at radius 2 is 1.80 bits per heavy atom. The first-order valence-electron chi connectivity index (χ1n) is 9.47. The Morgan fingerprint density at radius 3 is 2.32 bits per heavy atom. The standard InChI is InChI=1S/C19H32BNO4/c1-17(2,3)23-16(22)21-14-9-8-10-15(21)12-13(11-14)20-24-18(4,5)19(6,7)25-20/h11,14-15H,8-10,12H2,1-7H3/t14-,15-/m1/s1. The largest absolute Gasteiger partial charge is 0.490 e. The molecule has 0 spiro atoms. The second kappa shape index (κ2) is 6.02. The van der Waals surface area contributed by atoms with Crippen LogP contribution in [0.4, 0.5) is 4.79 Å². The SMILES string of the molecule is CC(C)(C)OC(=O)N1[C@@H]2CCC[C@@H]1C=C(B1OC(C)(C)C(C)(C)O1)C2. The lowest BCUT2D eigenvalue weighted by atomic mass is 9.69. The second-order valence-corrected chi connectivity index (χ2v) is 9.57. The highest BCUT2D eigenvalue weighted by Gasteiger charge is 2.54. The van der Waals surface area contributed by atoms with Crippen LogP contribution in [-0.4, -0.2) is 47.0 Å². The summed E-state index contributed by atoms with van der Waals surface area (Å²) < 4.78 is 18.1. The number of piperidine rings is 1. The van der Waals surface area contributed by atoms with Gasteiger partial charge in [-0.3, -0.25) is 4.90 Å². The van der Waals surface area contributed by atoms with Crippen LogP contribution in [0.5, 0.6) is 0 Å². The smallest absolute Gasteiger partial charge is 0.444 e. The quantitative estimate of drug-likeness (QED) is 0.669. The first-order chi connectivity index (χ1) is 11.4. The average molecular weight is 349 g/mol. The van der Waals surface area contributed by atoms with Gasteiger partial charge in [-0.05, 0) is 79.6 Å². The van der Waals surface area contributed by atoms with E-state index in [2.05, 4.69) is 33.8 Å². The Morgan fingerprint density at radius 1 is 1.20 bits per heavy atom. The lowest BCUT2D eigenvalue weighted by molar-refractivity contribution is -0.00127. The number of hydrogen-bond donors (Lipinski definition) is 0. The predicted molar refractivity (Wildman–Crippen MR) is 98.3 cm³/mol. The normalized spacial score (nSPS) is 30.9. The van der Waals surface area contributed by atoms with E-state index in [-0.39, 0.29) is 36.5 Å². The van der Waals surface area contributed by atoms with Crippen LogP contribution >= 0.6 is 0 Å². The Bertz CT molecular complexity index is 562. The van der Waals surface area contributed by atoms with Gasteiger partial charge in [0, 0.05) is 6.04 Å². The molecule has 3 rings (SSSR count). The van der Waals surface area contributed by atoms with E-state index < -0.39 is 5.60 Å². The van der Waals surface area contributed by atoms with E-state index in [4.69, 9.17) is 14.0 Å². The summed E-state index contributed by atoms with van der Waals surface area (Å²) in [5.74, 6) is 0. The highest BCUT2D eigenvalue weighted by molar-refractivity contribution is 6.54. The molecule has 6 heteroatoms. The van der Waals surface area contributed by atoms with E-state index >= 15 is 0 Å². The molecule has 0 radical (unpaired) electrons. The third kappa shape index (κ3) is 3.61. The fourth-order valence-corrected chi connectivity index (χ4v) is 3.83. The third-order valence-electron chi connectivity index (χ3n) is 5.83. The lowest BCUT2D eigenvalue weighted by Crippen LogP contribution is -2.54. The monoisotopic (exact) mass is 349 g/mol. The van der Waals surface area contributed by atoms with Gasteiger partial charge in [-0.15, -0.1) is 0 Å². The molecule has 0 aromatic rings. The number of amides is 1. The summed E-state index contributed by atoms with van der Waals surface area (Å²) in [5.41, 5.74) is 0.0283. The summed E-state index contributed by atoms with van der Waals surface area (Å²) in [7, 11) is -0.311. The summed E-state index contributed by atoms with van der Waals surface area (Å²) in [4.78, 5) is 14.6. The molecule has 2 fully saturated rings. The van der Waals surface area contributed by atoms with Crippen LogP contribution in [0.25, 0.3) is 0 Å². The van der Waals surface area contributed by atoms with Gasteiger partial charge < -0.3 is 14.0 Å². The number of nitrogens with zero attached hydrogens (tertiary/aromatic N) is 1. The van der Waals surface area contributed by atoms with E-state index in [0.717, 1.165) is 25.7 Å². The Hall–Kier alpha value is -1.01. The Kier molecular flexibility index (Phi) is 4.52. The summed E-state index contributed by atoms with van der Waals surface area (Å²) in [6.45, 7) is 14.0. The number of ether oxygens (including phenoxy) is 1. The molecule has 0 aromatic heterocycles. The number of carbonyl (C=O) groups excluding carboxylic acids is 1. The molecule has 2 atom stereocenters. The molecule has 0 saturated carbocycles. The molecule has 140 valence electrons. The fourth-order valence-electron chi connectivity index (χ4n) is 3.83. The van der Waals surface area contributed by atoms with Gasteiger partial charge in [-0.2, -0.15) is 0 Å². The van der Waals surface area contributed by atoms with E-state index in [1.807, 2.05) is 25.7 Å². The number of rotatable bonds is 1. The lowest BCUT2D eigenvalue weighted by Gasteiger charge is -2.45. The van der Waals surface area contributed by atoms with Gasteiger partial charge in [0.1, 0.15) is 5.60 Å². The summed E-state index contributed by atoms with van der Waals surface area (Å²) in [6, 6.07) is 0.254. The van der Waals surface area contributed by atoms with Crippen molar-refractivity contribution < 1.29 is 18.8 Å². The molecule has 3 aliphatic heterocycles. The zero-order valence-electron chi connectivity index (χ0n) is 16.7. The molecular weight excluding hydrogens is 317 g/mol. The van der Waals surface area contributed by atoms with Crippen LogP contribution in [-0.2, 0) is 14.0 Å². The molecule has 3 aliphatic rings. The van der Waals surface area contributed by atoms with Crippen molar-refractivity contribution in [1.82, 2.24) is 4.90 Å². The van der Waals surface area contributed by atoms with Gasteiger partial charge in [0.15, 0.2) is 0 Å². The fraction of sp³-hybridized carbons (Fsp3) is 0.842. The van der Waals surface area contributed by atoms with Crippen molar-refractivity contribution in [3.8, 4) is 0 Å². The van der Waals surface area contributed by atoms with Crippen LogP contribution in [0.1, 0.15) is 74.1 Å². The maximum absolute atomic E-state index is 12.7. The molecule has 0 N–H and O–H groups in total. The van der Waals surface area contributed by atoms with Crippen molar-refractivity contribution >= 4 is 13.2 Å². The summed E-state index contributed by atoms with van der Waals surface area (Å²) in [5, 5.41) is 0. The highest BCUT2D eigenvalue weighted by Crippen LogP contribution is 2.42. The molecule has 0 aromatic carbocycles. The second-order valence-electron chi connectivity index (χ2n) is 9.57. The molecule has 25 heavy (non-hydrogen) atoms. The number of hydrogen-bond acceptors (Lipinski definition) is 4. The first-order valence-corrected chi connectivity index (χ1v) is 9.47. The molecule has 0 aliphatic carbocycles. The van der Waals surface area contributed by atoms with Gasteiger partial charge in [0.2, 0.25) is 0 Å². The maximum atomic E-state index is 12.7. The third-order valence-corrected chi connectivity index (χ3v) is 5.83. The van der Waals surface area contributed by atoms with Crippen LogP contribution in [0, 0.1) is 0 Å². The Balaban J connectivity index is 1.79. The van der Waals surface area contributed by atoms with Gasteiger partial charge >= 0.3 is 13.2 Å². The van der Waals surface area contributed by atoms with Crippen LogP contribution in [0.3, 0.4) is 0 Å². The molecular formula is C19H32BNO4. The van der Waals surface area contributed by atoms with Gasteiger partial charge in [0.05, 0.1) is 17.2 Å². The zero-order valence-corrected chi connectivity index (χ0v) is 16.7. The van der Waals surface area contributed by atoms with Crippen molar-refractivity contribution in [2.24, 2.45) is 0 Å². The summed E-state index contributed by atoms with van der Waals surface area (Å²) in [6.07, 6.45) is 5.90. The topological polar surface area (TPSA) is 48.0 Å². The number of fused-ring (bicyclic) bond motifs is 2. The van der Waals surface area contributed by atoms with E-state index in [1.54, 1.807) is 0 Å². The van der Waals surface area contributed by atoms with Gasteiger partial charge in [0.25, 0.3) is 0 Å². The minimum Gasteiger partial charge on any atom is -0.444 e. The average Bonchev–Trinajstić information content (AvgIpc) is 2.64. The Labute approximate surface area is 152 Å². The van der Waals surface area contributed by atoms with E-state index in [0.29, 0.717) is 0 Å². The van der Waals surface area contributed by atoms with E-state index in [1.165, 1.54) is 5.47 Å². The van der Waals surface area contributed by atoms with Gasteiger partial charge in [-0.25, -0.2) is 4.79 Å². The molecule has 2 saturated heterocycles. The molecule has 5 nitrogen and oxygen atoms in total. The number of carbonyl (C=O) groups is 1. The van der Waals surface area contributed by atoms with Gasteiger partial charge in [-0.1, -0.05) is 6.08 Å². The van der Waals surface area contributed by atoms with Crippen molar-refractivity contribution in [3.63, 3.8) is 0 Å². The van der Waals surface area contributed by atoms with Crippen LogP contribution in [0.15, 0.2) is 11.5 Å². The van der Waals surface area contributed by atoms with Crippen LogP contribution in [0.2, 0.25) is 0 Å². The maximum Gasteiger partial charge on any atom is 0.490 e. The minimum atomic E-state index is -0.471. The predicted octanol–water partition coefficient (Wildman–Crippen LogP) is 4.11. The van der Waals surface area contributed by atoms with Crippen molar-refractivity contribution in [2.75, 3.05) is 0 Å². The molecule has 3 heterocycles. The van der Waals surface area contributed by atoms with Crippen molar-refractivity contribution in [2.45, 2.75) is 103 Å². The molecule has 0 unspecified atom stereocenters. The van der Waals surface area contributed by atoms with Crippen molar-refractivity contribution in [3.05, 3.63) is 11.5 Å². The van der Waals surface area contributed by atoms with E-state index in [9.17, 15) is 4.79 Å². The summed E-state index contributed by atoms with van der Waals surface area (Å²) >= 11 is 0. The zero-order chi connectivity index (χ0) is 18.6. The first kappa shape index (κ1) is 18.8. The van der Waals surface area contributed by atoms with Crippen molar-refractivity contribution in [1.29, 1.82) is 0 Å². The highest BCUT2D eigenvalue weighted by atomic mass is 16.7. The van der Waals surface area contributed by atoms with Crippen LogP contribution < -0.4 is 0 Å². The molecule has 1 amide bonds.